The lowest BCUT2D eigenvalue weighted by Crippen LogP contribution is -2.45. The summed E-state index contributed by atoms with van der Waals surface area (Å²) in [7, 11) is 0. The van der Waals surface area contributed by atoms with Gasteiger partial charge < -0.3 is 10.4 Å². The normalized spacial score (nSPS) is 23.2. The first-order chi connectivity index (χ1) is 8.80. The molecule has 4 heteroatoms. The van der Waals surface area contributed by atoms with Crippen LogP contribution in [0.2, 0.25) is 0 Å². The van der Waals surface area contributed by atoms with E-state index in [0.29, 0.717) is 18.0 Å². The number of thiophene rings is 1. The minimum atomic E-state index is -0.516. The molecule has 1 fully saturated rings. The molecule has 1 unspecified atom stereocenters. The molecule has 2 N–H and O–H groups in total. The van der Waals surface area contributed by atoms with E-state index in [2.05, 4.69) is 54.2 Å². The van der Waals surface area contributed by atoms with E-state index in [1.165, 1.54) is 4.88 Å². The Balaban J connectivity index is 1.85. The minimum Gasteiger partial charge on any atom is -0.389 e. The molecule has 1 saturated carbocycles. The SMILES string of the molecule is CC(NCC1(O)CCC(C)(C)CC1)c1ccc(Br)s1. The predicted molar refractivity (Wildman–Crippen MR) is 85.6 cm³/mol. The van der Waals surface area contributed by atoms with E-state index >= 15 is 0 Å². The Kier molecular flexibility index (Phi) is 4.76. The number of halogens is 1. The maximum absolute atomic E-state index is 10.6. The van der Waals surface area contributed by atoms with Crippen LogP contribution in [0.15, 0.2) is 15.9 Å². The van der Waals surface area contributed by atoms with Crippen LogP contribution in [0.3, 0.4) is 0 Å². The lowest BCUT2D eigenvalue weighted by Gasteiger charge is -2.40. The molecule has 1 heterocycles. The Labute approximate surface area is 128 Å². The van der Waals surface area contributed by atoms with Gasteiger partial charge in [-0.1, -0.05) is 13.8 Å². The first-order valence-corrected chi connectivity index (χ1v) is 8.62. The van der Waals surface area contributed by atoms with Crippen LogP contribution in [-0.4, -0.2) is 17.3 Å². The number of hydrogen-bond donors (Lipinski definition) is 2. The third-order valence-corrected chi connectivity index (χ3v) is 6.10. The molecule has 0 amide bonds. The molecular formula is C15H24BrNOS. The van der Waals surface area contributed by atoms with Crippen LogP contribution in [0.1, 0.15) is 57.4 Å². The fourth-order valence-electron chi connectivity index (χ4n) is 2.57. The summed E-state index contributed by atoms with van der Waals surface area (Å²) in [6.07, 6.45) is 4.05. The van der Waals surface area contributed by atoms with Crippen molar-refractivity contribution in [2.75, 3.05) is 6.54 Å². The maximum Gasteiger partial charge on any atom is 0.0772 e. The number of rotatable bonds is 4. The van der Waals surface area contributed by atoms with Crippen molar-refractivity contribution in [2.24, 2.45) is 5.41 Å². The molecule has 0 aliphatic heterocycles. The van der Waals surface area contributed by atoms with Gasteiger partial charge in [-0.25, -0.2) is 0 Å². The highest BCUT2D eigenvalue weighted by Crippen LogP contribution is 2.40. The van der Waals surface area contributed by atoms with Gasteiger partial charge in [0.05, 0.1) is 9.39 Å². The van der Waals surface area contributed by atoms with Crippen molar-refractivity contribution in [1.82, 2.24) is 5.32 Å². The van der Waals surface area contributed by atoms with Gasteiger partial charge in [0.15, 0.2) is 0 Å². The smallest absolute Gasteiger partial charge is 0.0772 e. The summed E-state index contributed by atoms with van der Waals surface area (Å²) < 4.78 is 1.16. The average Bonchev–Trinajstić information content (AvgIpc) is 2.78. The summed E-state index contributed by atoms with van der Waals surface area (Å²) in [6.45, 7) is 7.45. The Morgan fingerprint density at radius 1 is 1.32 bits per heavy atom. The molecule has 2 nitrogen and oxygen atoms in total. The molecule has 0 aromatic carbocycles. The molecule has 0 spiro atoms. The summed E-state index contributed by atoms with van der Waals surface area (Å²) in [5, 5.41) is 14.1. The van der Waals surface area contributed by atoms with Gasteiger partial charge in [-0.2, -0.15) is 0 Å². The lowest BCUT2D eigenvalue weighted by atomic mass is 9.71. The van der Waals surface area contributed by atoms with Gasteiger partial charge in [0, 0.05) is 17.5 Å². The van der Waals surface area contributed by atoms with E-state index < -0.39 is 5.60 Å². The van der Waals surface area contributed by atoms with Crippen molar-refractivity contribution in [3.8, 4) is 0 Å². The molecule has 108 valence electrons. The third-order valence-electron chi connectivity index (χ3n) is 4.29. The molecule has 1 atom stereocenters. The maximum atomic E-state index is 10.6. The van der Waals surface area contributed by atoms with Crippen LogP contribution in [-0.2, 0) is 0 Å². The fourth-order valence-corrected chi connectivity index (χ4v) is 4.02. The highest BCUT2D eigenvalue weighted by Gasteiger charge is 2.36. The van der Waals surface area contributed by atoms with Crippen LogP contribution in [0, 0.1) is 5.41 Å². The van der Waals surface area contributed by atoms with E-state index in [0.717, 1.165) is 29.5 Å². The monoisotopic (exact) mass is 345 g/mol. The Morgan fingerprint density at radius 2 is 1.95 bits per heavy atom. The standard InChI is InChI=1S/C15H24BrNOS/c1-11(12-4-5-13(16)19-12)17-10-15(18)8-6-14(2,3)7-9-15/h4-5,11,17-18H,6-10H2,1-3H3. The highest BCUT2D eigenvalue weighted by atomic mass is 79.9. The Bertz CT molecular complexity index is 420. The fraction of sp³-hybridized carbons (Fsp3) is 0.733. The first-order valence-electron chi connectivity index (χ1n) is 7.01. The molecule has 1 aromatic rings. The molecule has 1 aliphatic rings. The van der Waals surface area contributed by atoms with Crippen LogP contribution in [0.25, 0.3) is 0 Å². The Hall–Kier alpha value is 0.1000. The molecule has 0 radical (unpaired) electrons. The zero-order chi connectivity index (χ0) is 14.1. The van der Waals surface area contributed by atoms with Crippen LogP contribution >= 0.6 is 27.3 Å². The topological polar surface area (TPSA) is 32.3 Å². The number of nitrogens with one attached hydrogen (secondary N) is 1. The van der Waals surface area contributed by atoms with Gasteiger partial charge >= 0.3 is 0 Å². The largest absolute Gasteiger partial charge is 0.389 e. The summed E-state index contributed by atoms with van der Waals surface area (Å²) in [5.74, 6) is 0. The second-order valence-corrected chi connectivity index (χ2v) is 9.13. The summed E-state index contributed by atoms with van der Waals surface area (Å²) in [6, 6.07) is 4.52. The van der Waals surface area contributed by atoms with Gasteiger partial charge in [-0.3, -0.25) is 0 Å². The average molecular weight is 346 g/mol. The van der Waals surface area contributed by atoms with Crippen molar-refractivity contribution in [3.05, 3.63) is 20.8 Å². The number of hydrogen-bond acceptors (Lipinski definition) is 3. The van der Waals surface area contributed by atoms with Crippen molar-refractivity contribution < 1.29 is 5.11 Å². The van der Waals surface area contributed by atoms with E-state index in [-0.39, 0.29) is 0 Å². The van der Waals surface area contributed by atoms with Crippen molar-refractivity contribution >= 4 is 27.3 Å². The van der Waals surface area contributed by atoms with Crippen LogP contribution in [0.5, 0.6) is 0 Å². The van der Waals surface area contributed by atoms with Gasteiger partial charge in [-0.05, 0) is 66.1 Å². The first kappa shape index (κ1) is 15.5. The summed E-state index contributed by atoms with van der Waals surface area (Å²) in [4.78, 5) is 1.31. The second-order valence-electron chi connectivity index (χ2n) is 6.63. The van der Waals surface area contributed by atoms with Gasteiger partial charge in [0.1, 0.15) is 0 Å². The van der Waals surface area contributed by atoms with E-state index in [1.807, 2.05) is 0 Å². The molecule has 2 rings (SSSR count). The zero-order valence-corrected chi connectivity index (χ0v) is 14.4. The summed E-state index contributed by atoms with van der Waals surface area (Å²) >= 11 is 5.25. The van der Waals surface area contributed by atoms with E-state index in [9.17, 15) is 5.11 Å². The second kappa shape index (κ2) is 5.84. The zero-order valence-electron chi connectivity index (χ0n) is 12.0. The molecular weight excluding hydrogens is 322 g/mol. The lowest BCUT2D eigenvalue weighted by molar-refractivity contribution is -0.0257. The molecule has 19 heavy (non-hydrogen) atoms. The molecule has 1 aliphatic carbocycles. The Morgan fingerprint density at radius 3 is 2.47 bits per heavy atom. The van der Waals surface area contributed by atoms with Crippen LogP contribution < -0.4 is 5.32 Å². The quantitative estimate of drug-likeness (QED) is 0.842. The summed E-state index contributed by atoms with van der Waals surface area (Å²) in [5.41, 5.74) is -0.116. The number of aliphatic hydroxyl groups is 1. The predicted octanol–water partition coefficient (Wildman–Crippen LogP) is 4.49. The van der Waals surface area contributed by atoms with Gasteiger partial charge in [-0.15, -0.1) is 11.3 Å². The minimum absolute atomic E-state index is 0.301. The van der Waals surface area contributed by atoms with Crippen molar-refractivity contribution in [1.29, 1.82) is 0 Å². The van der Waals surface area contributed by atoms with Gasteiger partial charge in [0.2, 0.25) is 0 Å². The highest BCUT2D eigenvalue weighted by molar-refractivity contribution is 9.11. The van der Waals surface area contributed by atoms with E-state index in [1.54, 1.807) is 11.3 Å². The van der Waals surface area contributed by atoms with Crippen molar-refractivity contribution in [3.63, 3.8) is 0 Å². The third kappa shape index (κ3) is 4.28. The van der Waals surface area contributed by atoms with E-state index in [4.69, 9.17) is 0 Å². The van der Waals surface area contributed by atoms with Crippen LogP contribution in [0.4, 0.5) is 0 Å². The van der Waals surface area contributed by atoms with Gasteiger partial charge in [0.25, 0.3) is 0 Å². The molecule has 0 bridgehead atoms. The molecule has 1 aromatic heterocycles. The van der Waals surface area contributed by atoms with Crippen molar-refractivity contribution in [2.45, 2.75) is 58.1 Å². The molecule has 0 saturated heterocycles.